The lowest BCUT2D eigenvalue weighted by molar-refractivity contribution is 0.419. The predicted octanol–water partition coefficient (Wildman–Crippen LogP) is 2.59. The third-order valence-electron chi connectivity index (χ3n) is 5.04. The zero-order valence-electron chi connectivity index (χ0n) is 13.7. The minimum Gasteiger partial charge on any atom is -0.350 e. The maximum atomic E-state index is 5.43. The van der Waals surface area contributed by atoms with Crippen LogP contribution in [0.2, 0.25) is 0 Å². The first-order chi connectivity index (χ1) is 11.2. The summed E-state index contributed by atoms with van der Waals surface area (Å²) in [5.74, 6) is 2.61. The van der Waals surface area contributed by atoms with Crippen molar-refractivity contribution in [3.63, 3.8) is 0 Å². The normalized spacial score (nSPS) is 24.2. The zero-order valence-corrected chi connectivity index (χ0v) is 13.7. The molecule has 122 valence electrons. The van der Waals surface area contributed by atoms with E-state index < -0.39 is 0 Å². The van der Waals surface area contributed by atoms with Gasteiger partial charge in [-0.05, 0) is 37.9 Å². The van der Waals surface area contributed by atoms with Gasteiger partial charge in [0.25, 0.3) is 5.89 Å². The van der Waals surface area contributed by atoms with Crippen LogP contribution in [0.1, 0.15) is 44.9 Å². The lowest BCUT2D eigenvalue weighted by Gasteiger charge is -2.35. The van der Waals surface area contributed by atoms with Gasteiger partial charge in [0, 0.05) is 30.8 Å². The Bertz CT molecular complexity index is 684. The number of hydrogen-bond donors (Lipinski definition) is 1. The van der Waals surface area contributed by atoms with Crippen molar-refractivity contribution in [2.75, 3.05) is 24.5 Å². The molecule has 2 aromatic heterocycles. The fraction of sp³-hybridized carbons (Fsp3) is 0.588. The van der Waals surface area contributed by atoms with Crippen LogP contribution in [0.4, 0.5) is 5.82 Å². The van der Waals surface area contributed by atoms with Crippen LogP contribution < -0.4 is 10.2 Å². The fourth-order valence-electron chi connectivity index (χ4n) is 3.76. The highest BCUT2D eigenvalue weighted by Gasteiger charge is 2.43. The van der Waals surface area contributed by atoms with Gasteiger partial charge in [-0.15, -0.1) is 0 Å². The Morgan fingerprint density at radius 3 is 3.00 bits per heavy atom. The predicted molar refractivity (Wildman–Crippen MR) is 88.4 cm³/mol. The lowest BCUT2D eigenvalue weighted by Crippen LogP contribution is -2.46. The molecular weight excluding hydrogens is 290 g/mol. The third kappa shape index (κ3) is 2.51. The number of anilines is 1. The molecule has 6 heteroatoms. The Labute approximate surface area is 136 Å². The molecule has 1 N–H and O–H groups in total. The molecule has 0 saturated carbocycles. The van der Waals surface area contributed by atoms with Crippen LogP contribution in [0.5, 0.6) is 0 Å². The van der Waals surface area contributed by atoms with Crippen molar-refractivity contribution in [2.45, 2.75) is 44.6 Å². The number of pyridine rings is 1. The van der Waals surface area contributed by atoms with E-state index in [-0.39, 0.29) is 11.5 Å². The third-order valence-corrected chi connectivity index (χ3v) is 5.04. The topological polar surface area (TPSA) is 67.1 Å². The molecule has 2 aliphatic heterocycles. The van der Waals surface area contributed by atoms with E-state index >= 15 is 0 Å². The molecule has 6 nitrogen and oxygen atoms in total. The van der Waals surface area contributed by atoms with Gasteiger partial charge in [0.1, 0.15) is 5.82 Å². The van der Waals surface area contributed by atoms with Gasteiger partial charge in [0.05, 0.1) is 5.54 Å². The fourth-order valence-corrected chi connectivity index (χ4v) is 3.76. The minimum atomic E-state index is 0.240. The average Bonchev–Trinajstić information content (AvgIpc) is 3.29. The van der Waals surface area contributed by atoms with Gasteiger partial charge < -0.3 is 14.7 Å². The van der Waals surface area contributed by atoms with E-state index in [1.807, 2.05) is 12.3 Å². The molecule has 4 rings (SSSR count). The second-order valence-electron chi connectivity index (χ2n) is 6.92. The van der Waals surface area contributed by atoms with E-state index in [0.717, 1.165) is 36.8 Å². The van der Waals surface area contributed by atoms with E-state index in [1.54, 1.807) is 0 Å². The average molecular weight is 313 g/mol. The molecule has 1 atom stereocenters. The van der Waals surface area contributed by atoms with Gasteiger partial charge in [-0.2, -0.15) is 4.98 Å². The molecule has 0 bridgehead atoms. The van der Waals surface area contributed by atoms with Crippen molar-refractivity contribution in [1.29, 1.82) is 0 Å². The second-order valence-corrected chi connectivity index (χ2v) is 6.92. The molecular formula is C17H23N5O. The van der Waals surface area contributed by atoms with Crippen LogP contribution in [0.3, 0.4) is 0 Å². The second kappa shape index (κ2) is 5.60. The monoisotopic (exact) mass is 313 g/mol. The minimum absolute atomic E-state index is 0.240. The molecule has 0 amide bonds. The van der Waals surface area contributed by atoms with Gasteiger partial charge in [-0.25, -0.2) is 4.98 Å². The molecule has 2 saturated heterocycles. The Morgan fingerprint density at radius 1 is 1.35 bits per heavy atom. The summed E-state index contributed by atoms with van der Waals surface area (Å²) in [4.78, 5) is 11.6. The first-order valence-corrected chi connectivity index (χ1v) is 8.46. The zero-order chi connectivity index (χ0) is 15.9. The van der Waals surface area contributed by atoms with Crippen LogP contribution in [-0.4, -0.2) is 40.3 Å². The highest BCUT2D eigenvalue weighted by atomic mass is 16.5. The maximum Gasteiger partial charge on any atom is 0.258 e. The van der Waals surface area contributed by atoms with E-state index in [0.29, 0.717) is 5.89 Å². The summed E-state index contributed by atoms with van der Waals surface area (Å²) in [5.41, 5.74) is 1.19. The molecule has 4 heterocycles. The number of aromatic nitrogens is 3. The summed E-state index contributed by atoms with van der Waals surface area (Å²) in [5, 5.41) is 7.57. The Balaban J connectivity index is 1.65. The van der Waals surface area contributed by atoms with Crippen molar-refractivity contribution >= 4 is 5.82 Å². The summed E-state index contributed by atoms with van der Waals surface area (Å²) in [7, 11) is 0. The highest BCUT2D eigenvalue weighted by molar-refractivity contribution is 5.60. The van der Waals surface area contributed by atoms with Crippen LogP contribution in [0.15, 0.2) is 22.9 Å². The van der Waals surface area contributed by atoms with Gasteiger partial charge in [0.15, 0.2) is 5.82 Å². The SMILES string of the molecule is CC(C)c1noc(-c2ccnc(N3CCCC34CCNC4)c2)n1. The summed E-state index contributed by atoms with van der Waals surface area (Å²) in [6.45, 7) is 7.34. The quantitative estimate of drug-likeness (QED) is 0.939. The molecule has 2 fully saturated rings. The van der Waals surface area contributed by atoms with Crippen LogP contribution in [0.25, 0.3) is 11.5 Å². The van der Waals surface area contributed by atoms with Gasteiger partial charge in [-0.3, -0.25) is 0 Å². The molecule has 0 radical (unpaired) electrons. The standard InChI is InChI=1S/C17H23N5O/c1-12(2)15-20-16(23-21-15)13-4-7-19-14(10-13)22-9-3-5-17(22)6-8-18-11-17/h4,7,10,12,18H,3,5-6,8-9,11H2,1-2H3. The summed E-state index contributed by atoms with van der Waals surface area (Å²) >= 11 is 0. The molecule has 23 heavy (non-hydrogen) atoms. The van der Waals surface area contributed by atoms with Crippen LogP contribution in [-0.2, 0) is 0 Å². The number of rotatable bonds is 3. The number of nitrogens with zero attached hydrogens (tertiary/aromatic N) is 4. The molecule has 2 aromatic rings. The maximum absolute atomic E-state index is 5.43. The van der Waals surface area contributed by atoms with Gasteiger partial charge >= 0.3 is 0 Å². The number of nitrogens with one attached hydrogen (secondary N) is 1. The van der Waals surface area contributed by atoms with Gasteiger partial charge in [-0.1, -0.05) is 19.0 Å². The van der Waals surface area contributed by atoms with Crippen molar-refractivity contribution in [1.82, 2.24) is 20.4 Å². The highest BCUT2D eigenvalue weighted by Crippen LogP contribution is 2.38. The summed E-state index contributed by atoms with van der Waals surface area (Å²) in [6, 6.07) is 4.03. The largest absolute Gasteiger partial charge is 0.350 e. The molecule has 0 aliphatic carbocycles. The van der Waals surface area contributed by atoms with Crippen molar-refractivity contribution < 1.29 is 4.52 Å². The van der Waals surface area contributed by atoms with Crippen LogP contribution in [0, 0.1) is 0 Å². The van der Waals surface area contributed by atoms with E-state index in [2.05, 4.69) is 45.3 Å². The lowest BCUT2D eigenvalue weighted by atomic mass is 9.95. The van der Waals surface area contributed by atoms with E-state index in [1.165, 1.54) is 19.3 Å². The molecule has 0 aromatic carbocycles. The van der Waals surface area contributed by atoms with Gasteiger partial charge in [0.2, 0.25) is 0 Å². The smallest absolute Gasteiger partial charge is 0.258 e. The van der Waals surface area contributed by atoms with Crippen molar-refractivity contribution in [2.24, 2.45) is 0 Å². The van der Waals surface area contributed by atoms with E-state index in [4.69, 9.17) is 4.52 Å². The van der Waals surface area contributed by atoms with Crippen molar-refractivity contribution in [3.05, 3.63) is 24.2 Å². The Kier molecular flexibility index (Phi) is 3.56. The van der Waals surface area contributed by atoms with E-state index in [9.17, 15) is 0 Å². The Morgan fingerprint density at radius 2 is 2.26 bits per heavy atom. The molecule has 2 aliphatic rings. The first-order valence-electron chi connectivity index (χ1n) is 8.46. The van der Waals surface area contributed by atoms with Crippen molar-refractivity contribution in [3.8, 4) is 11.5 Å². The molecule has 1 spiro atoms. The number of hydrogen-bond acceptors (Lipinski definition) is 6. The Hall–Kier alpha value is -1.95. The summed E-state index contributed by atoms with van der Waals surface area (Å²) < 4.78 is 5.43. The van der Waals surface area contributed by atoms with Crippen LogP contribution >= 0.6 is 0 Å². The molecule has 1 unspecified atom stereocenters. The summed E-state index contributed by atoms with van der Waals surface area (Å²) in [6.07, 6.45) is 5.50. The first kappa shape index (κ1) is 14.6.